The molecule has 0 fully saturated rings. The number of rotatable bonds is 6. The highest BCUT2D eigenvalue weighted by Crippen LogP contribution is 2.22. The molecular formula is C17H19N5S. The first kappa shape index (κ1) is 15.6. The Morgan fingerprint density at radius 1 is 1.17 bits per heavy atom. The van der Waals surface area contributed by atoms with Crippen LogP contribution in [0.5, 0.6) is 0 Å². The Hall–Kier alpha value is -2.34. The van der Waals surface area contributed by atoms with Crippen molar-refractivity contribution in [3.8, 4) is 0 Å². The van der Waals surface area contributed by atoms with Gasteiger partial charge in [-0.25, -0.2) is 9.97 Å². The van der Waals surface area contributed by atoms with Crippen LogP contribution in [-0.2, 0) is 19.3 Å². The van der Waals surface area contributed by atoms with Crippen molar-refractivity contribution in [3.05, 3.63) is 66.5 Å². The van der Waals surface area contributed by atoms with Gasteiger partial charge in [0.05, 0.1) is 18.9 Å². The SMILES string of the molecule is CN(Cc1nccn1C)c1cncc(SCc2ccccc2)n1. The van der Waals surface area contributed by atoms with E-state index in [0.29, 0.717) is 6.54 Å². The largest absolute Gasteiger partial charge is 0.351 e. The van der Waals surface area contributed by atoms with Gasteiger partial charge >= 0.3 is 0 Å². The van der Waals surface area contributed by atoms with Gasteiger partial charge in [0.25, 0.3) is 0 Å². The molecule has 6 heteroatoms. The third-order valence-electron chi connectivity index (χ3n) is 3.52. The smallest absolute Gasteiger partial charge is 0.148 e. The van der Waals surface area contributed by atoms with Gasteiger partial charge in [0, 0.05) is 32.2 Å². The molecule has 0 bridgehead atoms. The first-order valence-corrected chi connectivity index (χ1v) is 8.37. The van der Waals surface area contributed by atoms with E-state index in [-0.39, 0.29) is 0 Å². The number of aromatic nitrogens is 4. The number of aryl methyl sites for hydroxylation is 1. The van der Waals surface area contributed by atoms with Crippen LogP contribution in [-0.4, -0.2) is 26.6 Å². The standard InChI is InChI=1S/C17H19N5S/c1-21-9-8-19-16(21)12-22(2)15-10-18-11-17(20-15)23-13-14-6-4-3-5-7-14/h3-11H,12-13H2,1-2H3. The van der Waals surface area contributed by atoms with Gasteiger partial charge in [-0.1, -0.05) is 30.3 Å². The molecule has 0 saturated carbocycles. The topological polar surface area (TPSA) is 46.8 Å². The number of benzene rings is 1. The third kappa shape index (κ3) is 4.10. The van der Waals surface area contributed by atoms with Gasteiger partial charge in [-0.3, -0.25) is 4.98 Å². The lowest BCUT2D eigenvalue weighted by molar-refractivity contribution is 0.750. The van der Waals surface area contributed by atoms with Gasteiger partial charge in [0.1, 0.15) is 16.7 Å². The van der Waals surface area contributed by atoms with Crippen LogP contribution in [0.15, 0.2) is 60.1 Å². The number of hydrogen-bond acceptors (Lipinski definition) is 5. The molecule has 3 rings (SSSR count). The predicted molar refractivity (Wildman–Crippen MR) is 93.4 cm³/mol. The molecule has 0 amide bonds. The van der Waals surface area contributed by atoms with Crippen molar-refractivity contribution in [2.24, 2.45) is 7.05 Å². The molecule has 0 unspecified atom stereocenters. The first-order valence-electron chi connectivity index (χ1n) is 7.38. The molecule has 0 atom stereocenters. The van der Waals surface area contributed by atoms with Crippen LogP contribution in [0.25, 0.3) is 0 Å². The Labute approximate surface area is 140 Å². The summed E-state index contributed by atoms with van der Waals surface area (Å²) in [4.78, 5) is 15.4. The molecule has 1 aromatic carbocycles. The van der Waals surface area contributed by atoms with Gasteiger partial charge in [-0.15, -0.1) is 11.8 Å². The summed E-state index contributed by atoms with van der Waals surface area (Å²) in [5, 5.41) is 0.929. The highest BCUT2D eigenvalue weighted by atomic mass is 32.2. The fourth-order valence-electron chi connectivity index (χ4n) is 2.17. The molecule has 3 aromatic rings. The van der Waals surface area contributed by atoms with Gasteiger partial charge in [0.2, 0.25) is 0 Å². The molecule has 2 aromatic heterocycles. The lowest BCUT2D eigenvalue weighted by atomic mass is 10.2. The maximum absolute atomic E-state index is 4.69. The molecule has 5 nitrogen and oxygen atoms in total. The Kier molecular flexibility index (Phi) is 4.92. The summed E-state index contributed by atoms with van der Waals surface area (Å²) in [6.07, 6.45) is 7.35. The minimum Gasteiger partial charge on any atom is -0.351 e. The van der Waals surface area contributed by atoms with E-state index in [2.05, 4.69) is 44.1 Å². The Bertz CT molecular complexity index is 756. The second-order valence-corrected chi connectivity index (χ2v) is 6.30. The Morgan fingerprint density at radius 3 is 2.74 bits per heavy atom. The van der Waals surface area contributed by atoms with E-state index in [0.717, 1.165) is 22.4 Å². The molecule has 0 aliphatic rings. The number of anilines is 1. The summed E-state index contributed by atoms with van der Waals surface area (Å²) in [5.41, 5.74) is 1.28. The molecule has 118 valence electrons. The van der Waals surface area contributed by atoms with Gasteiger partial charge in [0.15, 0.2) is 0 Å². The summed E-state index contributed by atoms with van der Waals surface area (Å²) in [6.45, 7) is 0.699. The van der Waals surface area contributed by atoms with Crippen molar-refractivity contribution >= 4 is 17.6 Å². The Balaban J connectivity index is 1.66. The molecule has 0 aliphatic heterocycles. The van der Waals surface area contributed by atoms with E-state index in [4.69, 9.17) is 0 Å². The van der Waals surface area contributed by atoms with E-state index < -0.39 is 0 Å². The fraction of sp³-hybridized carbons (Fsp3) is 0.235. The Morgan fingerprint density at radius 2 is 2.00 bits per heavy atom. The second kappa shape index (κ2) is 7.28. The molecular weight excluding hydrogens is 306 g/mol. The average Bonchev–Trinajstić information content (AvgIpc) is 2.99. The molecule has 0 saturated heterocycles. The van der Waals surface area contributed by atoms with E-state index in [1.807, 2.05) is 37.1 Å². The van der Waals surface area contributed by atoms with Crippen LogP contribution in [0.2, 0.25) is 0 Å². The molecule has 23 heavy (non-hydrogen) atoms. The van der Waals surface area contributed by atoms with Crippen LogP contribution >= 0.6 is 11.8 Å². The van der Waals surface area contributed by atoms with E-state index >= 15 is 0 Å². The third-order valence-corrected chi connectivity index (χ3v) is 4.49. The molecule has 2 heterocycles. The lowest BCUT2D eigenvalue weighted by Crippen LogP contribution is -2.20. The quantitative estimate of drug-likeness (QED) is 0.652. The highest BCUT2D eigenvalue weighted by molar-refractivity contribution is 7.98. The lowest BCUT2D eigenvalue weighted by Gasteiger charge is -2.17. The van der Waals surface area contributed by atoms with E-state index in [9.17, 15) is 0 Å². The summed E-state index contributed by atoms with van der Waals surface area (Å²) in [5.74, 6) is 2.74. The fourth-order valence-corrected chi connectivity index (χ4v) is 2.97. The van der Waals surface area contributed by atoms with Crippen molar-refractivity contribution in [1.82, 2.24) is 19.5 Å². The molecule has 0 N–H and O–H groups in total. The minimum atomic E-state index is 0.699. The zero-order valence-electron chi connectivity index (χ0n) is 13.3. The van der Waals surface area contributed by atoms with Crippen LogP contribution in [0.4, 0.5) is 5.82 Å². The van der Waals surface area contributed by atoms with Crippen LogP contribution in [0.1, 0.15) is 11.4 Å². The summed E-state index contributed by atoms with van der Waals surface area (Å²) >= 11 is 1.70. The number of hydrogen-bond donors (Lipinski definition) is 0. The van der Waals surface area contributed by atoms with Crippen molar-refractivity contribution in [1.29, 1.82) is 0 Å². The van der Waals surface area contributed by atoms with Crippen molar-refractivity contribution < 1.29 is 0 Å². The first-order chi connectivity index (χ1) is 11.2. The average molecular weight is 325 g/mol. The zero-order chi connectivity index (χ0) is 16.1. The zero-order valence-corrected chi connectivity index (χ0v) is 14.1. The number of thioether (sulfide) groups is 1. The summed E-state index contributed by atoms with van der Waals surface area (Å²) < 4.78 is 2.01. The van der Waals surface area contributed by atoms with Crippen LogP contribution < -0.4 is 4.90 Å². The normalized spacial score (nSPS) is 10.7. The van der Waals surface area contributed by atoms with Crippen molar-refractivity contribution in [2.45, 2.75) is 17.3 Å². The van der Waals surface area contributed by atoms with Crippen molar-refractivity contribution in [2.75, 3.05) is 11.9 Å². The molecule has 0 spiro atoms. The van der Waals surface area contributed by atoms with Crippen LogP contribution in [0, 0.1) is 0 Å². The van der Waals surface area contributed by atoms with Crippen molar-refractivity contribution in [3.63, 3.8) is 0 Å². The number of nitrogens with zero attached hydrogens (tertiary/aromatic N) is 5. The van der Waals surface area contributed by atoms with E-state index in [1.165, 1.54) is 5.56 Å². The van der Waals surface area contributed by atoms with E-state index in [1.54, 1.807) is 24.2 Å². The van der Waals surface area contributed by atoms with Gasteiger partial charge in [-0.05, 0) is 5.56 Å². The van der Waals surface area contributed by atoms with Gasteiger partial charge in [-0.2, -0.15) is 0 Å². The maximum atomic E-state index is 4.69. The minimum absolute atomic E-state index is 0.699. The molecule has 0 aliphatic carbocycles. The summed E-state index contributed by atoms with van der Waals surface area (Å²) in [7, 11) is 4.00. The maximum Gasteiger partial charge on any atom is 0.148 e. The second-order valence-electron chi connectivity index (χ2n) is 5.30. The molecule has 0 radical (unpaired) electrons. The number of imidazole rings is 1. The highest BCUT2D eigenvalue weighted by Gasteiger charge is 2.08. The predicted octanol–water partition coefficient (Wildman–Crippen LogP) is 3.14. The van der Waals surface area contributed by atoms with Gasteiger partial charge < -0.3 is 9.47 Å². The summed E-state index contributed by atoms with van der Waals surface area (Å²) in [6, 6.07) is 10.4. The van der Waals surface area contributed by atoms with Crippen LogP contribution in [0.3, 0.4) is 0 Å². The monoisotopic (exact) mass is 325 g/mol.